The fourth-order valence-electron chi connectivity index (χ4n) is 6.62. The second-order valence-corrected chi connectivity index (χ2v) is 12.1. The van der Waals surface area contributed by atoms with Crippen LogP contribution < -0.4 is 5.32 Å². The van der Waals surface area contributed by atoms with Crippen LogP contribution in [-0.4, -0.2) is 94.3 Å². The van der Waals surface area contributed by atoms with Crippen LogP contribution in [0.3, 0.4) is 0 Å². The molecule has 42 heavy (non-hydrogen) atoms. The summed E-state index contributed by atoms with van der Waals surface area (Å²) in [4.78, 5) is 53.7. The van der Waals surface area contributed by atoms with Gasteiger partial charge in [-0.2, -0.15) is 5.10 Å². The minimum atomic E-state index is -1.03. The maximum absolute atomic E-state index is 13.3. The summed E-state index contributed by atoms with van der Waals surface area (Å²) in [7, 11) is 0. The normalized spacial score (nSPS) is 19.2. The van der Waals surface area contributed by atoms with Crippen molar-refractivity contribution in [1.29, 1.82) is 0 Å². The number of hydrogen-bond donors (Lipinski definition) is 2. The molecule has 226 valence electrons. The van der Waals surface area contributed by atoms with E-state index in [1.165, 1.54) is 13.0 Å². The molecule has 0 aliphatic carbocycles. The molecule has 0 saturated carbocycles. The van der Waals surface area contributed by atoms with Crippen LogP contribution in [-0.2, 0) is 35.3 Å². The molecule has 0 unspecified atom stereocenters. The number of aromatic nitrogens is 2. The van der Waals surface area contributed by atoms with E-state index in [4.69, 9.17) is 9.84 Å². The van der Waals surface area contributed by atoms with Crippen molar-refractivity contribution in [3.8, 4) is 0 Å². The molecule has 2 N–H and O–H groups in total. The summed E-state index contributed by atoms with van der Waals surface area (Å²) in [5, 5.41) is 17.9. The fraction of sp³-hybridized carbons (Fsp3) is 0.581. The molecule has 1 aromatic carbocycles. The Morgan fingerprint density at radius 1 is 1.10 bits per heavy atom. The molecular formula is C31H41N5O6. The minimum Gasteiger partial charge on any atom is -0.478 e. The van der Waals surface area contributed by atoms with Gasteiger partial charge in [-0.05, 0) is 74.1 Å². The van der Waals surface area contributed by atoms with Gasteiger partial charge in [-0.15, -0.1) is 0 Å². The predicted octanol–water partition coefficient (Wildman–Crippen LogP) is 2.41. The zero-order chi connectivity index (χ0) is 30.0. The van der Waals surface area contributed by atoms with Gasteiger partial charge in [0, 0.05) is 70.5 Å². The number of carbonyl (C=O) groups is 4. The number of carboxylic acids is 1. The number of benzene rings is 1. The standard InChI is InChI=1S/C31H41N5O6/c1-4-36-27-25(18-31(19-32-28(27)38)7-13-42-14-8-31)26(33-36)16-20(2)15-23-17-22(5-6-24(23)30(40)41)29(39)35-11-9-34(10-12-35)21(3)37/h5-6,17,20H,4,7-16,18-19H2,1-3H3,(H,32,38)(H,40,41)/t20-/m1/s1. The van der Waals surface area contributed by atoms with Gasteiger partial charge in [0.2, 0.25) is 5.91 Å². The van der Waals surface area contributed by atoms with Crippen LogP contribution in [0.5, 0.6) is 0 Å². The molecule has 3 aliphatic heterocycles. The number of rotatable bonds is 7. The first-order valence-electron chi connectivity index (χ1n) is 15.0. The molecule has 1 atom stereocenters. The highest BCUT2D eigenvalue weighted by Gasteiger charge is 2.40. The zero-order valence-corrected chi connectivity index (χ0v) is 24.8. The summed E-state index contributed by atoms with van der Waals surface area (Å²) in [6.07, 6.45) is 3.55. The maximum atomic E-state index is 13.3. The Balaban J connectivity index is 1.37. The molecule has 2 aromatic rings. The molecule has 5 rings (SSSR count). The second kappa shape index (κ2) is 12.2. The van der Waals surface area contributed by atoms with Gasteiger partial charge < -0.3 is 25.0 Å². The topological polar surface area (TPSA) is 134 Å². The zero-order valence-electron chi connectivity index (χ0n) is 24.8. The van der Waals surface area contributed by atoms with Crippen LogP contribution in [0, 0.1) is 11.3 Å². The molecule has 2 saturated heterocycles. The number of nitrogens with zero attached hydrogens (tertiary/aromatic N) is 4. The van der Waals surface area contributed by atoms with E-state index in [1.54, 1.807) is 26.6 Å². The number of aromatic carboxylic acids is 1. The lowest BCUT2D eigenvalue weighted by molar-refractivity contribution is -0.130. The third-order valence-corrected chi connectivity index (χ3v) is 9.08. The summed E-state index contributed by atoms with van der Waals surface area (Å²) in [5.74, 6) is -1.29. The van der Waals surface area contributed by atoms with Gasteiger partial charge in [-0.1, -0.05) is 6.92 Å². The maximum Gasteiger partial charge on any atom is 0.335 e. The lowest BCUT2D eigenvalue weighted by Gasteiger charge is -2.36. The van der Waals surface area contributed by atoms with Gasteiger partial charge in [0.1, 0.15) is 5.69 Å². The molecule has 0 bridgehead atoms. The van der Waals surface area contributed by atoms with Crippen LogP contribution >= 0.6 is 0 Å². The van der Waals surface area contributed by atoms with Crippen molar-refractivity contribution in [2.24, 2.45) is 11.3 Å². The van der Waals surface area contributed by atoms with Crippen LogP contribution in [0.4, 0.5) is 0 Å². The monoisotopic (exact) mass is 579 g/mol. The number of carbonyl (C=O) groups excluding carboxylic acids is 3. The molecule has 1 spiro atoms. The number of ether oxygens (including phenoxy) is 1. The summed E-state index contributed by atoms with van der Waals surface area (Å²) < 4.78 is 7.42. The molecule has 0 radical (unpaired) electrons. The van der Waals surface area contributed by atoms with Crippen LogP contribution in [0.1, 0.15) is 81.6 Å². The van der Waals surface area contributed by atoms with E-state index in [2.05, 4.69) is 12.2 Å². The van der Waals surface area contributed by atoms with Gasteiger partial charge in [-0.25, -0.2) is 4.79 Å². The first-order chi connectivity index (χ1) is 20.1. The van der Waals surface area contributed by atoms with Gasteiger partial charge in [-0.3, -0.25) is 19.1 Å². The predicted molar refractivity (Wildman–Crippen MR) is 155 cm³/mol. The summed E-state index contributed by atoms with van der Waals surface area (Å²) in [6.45, 7) is 9.97. The van der Waals surface area contributed by atoms with Crippen molar-refractivity contribution in [1.82, 2.24) is 24.9 Å². The Labute approximate surface area is 246 Å². The van der Waals surface area contributed by atoms with Gasteiger partial charge in [0.05, 0.1) is 11.3 Å². The van der Waals surface area contributed by atoms with E-state index < -0.39 is 5.97 Å². The lowest BCUT2D eigenvalue weighted by atomic mass is 9.75. The molecule has 4 heterocycles. The van der Waals surface area contributed by atoms with E-state index >= 15 is 0 Å². The molecule has 3 amide bonds. The Bertz CT molecular complexity index is 1370. The number of nitrogens with one attached hydrogen (secondary N) is 1. The van der Waals surface area contributed by atoms with Crippen LogP contribution in [0.25, 0.3) is 0 Å². The molecule has 2 fully saturated rings. The average Bonchev–Trinajstić information content (AvgIpc) is 3.24. The number of aryl methyl sites for hydroxylation is 1. The first-order valence-corrected chi connectivity index (χ1v) is 15.0. The van der Waals surface area contributed by atoms with Crippen molar-refractivity contribution in [3.63, 3.8) is 0 Å². The largest absolute Gasteiger partial charge is 0.478 e. The molecule has 11 nitrogen and oxygen atoms in total. The Morgan fingerprint density at radius 3 is 2.43 bits per heavy atom. The van der Waals surface area contributed by atoms with Crippen molar-refractivity contribution in [2.45, 2.75) is 59.4 Å². The van der Waals surface area contributed by atoms with E-state index in [-0.39, 0.29) is 34.6 Å². The lowest BCUT2D eigenvalue weighted by Crippen LogP contribution is -2.50. The number of piperazine rings is 1. The highest BCUT2D eigenvalue weighted by Crippen LogP contribution is 2.38. The SMILES string of the molecule is CCn1nc(C[C@H](C)Cc2cc(C(=O)N3CCN(C(C)=O)CC3)ccc2C(=O)O)c2c1C(=O)NCC1(CCOCC1)C2. The Morgan fingerprint density at radius 2 is 1.79 bits per heavy atom. The van der Waals surface area contributed by atoms with Crippen molar-refractivity contribution >= 4 is 23.7 Å². The summed E-state index contributed by atoms with van der Waals surface area (Å²) in [5.41, 5.74) is 3.68. The van der Waals surface area contributed by atoms with Gasteiger partial charge in [0.25, 0.3) is 11.8 Å². The third kappa shape index (κ3) is 6.06. The summed E-state index contributed by atoms with van der Waals surface area (Å²) >= 11 is 0. The second-order valence-electron chi connectivity index (χ2n) is 12.1. The molecule has 3 aliphatic rings. The van der Waals surface area contributed by atoms with E-state index in [9.17, 15) is 24.3 Å². The highest BCUT2D eigenvalue weighted by molar-refractivity contribution is 5.97. The minimum absolute atomic E-state index is 0.00611. The van der Waals surface area contributed by atoms with Crippen molar-refractivity contribution in [2.75, 3.05) is 45.9 Å². The van der Waals surface area contributed by atoms with Crippen molar-refractivity contribution < 1.29 is 29.0 Å². The fourth-order valence-corrected chi connectivity index (χ4v) is 6.62. The molecular weight excluding hydrogens is 538 g/mol. The number of carboxylic acid groups (broad SMARTS) is 1. The van der Waals surface area contributed by atoms with E-state index in [0.717, 1.165) is 30.5 Å². The quantitative estimate of drug-likeness (QED) is 0.515. The first kappa shape index (κ1) is 29.8. The van der Waals surface area contributed by atoms with E-state index in [1.807, 2.05) is 6.92 Å². The van der Waals surface area contributed by atoms with Gasteiger partial charge in [0.15, 0.2) is 0 Å². The number of hydrogen-bond acceptors (Lipinski definition) is 6. The van der Waals surface area contributed by atoms with E-state index in [0.29, 0.717) is 82.1 Å². The van der Waals surface area contributed by atoms with Gasteiger partial charge >= 0.3 is 5.97 Å². The molecule has 11 heteroatoms. The molecule has 1 aromatic heterocycles. The number of amides is 3. The summed E-state index contributed by atoms with van der Waals surface area (Å²) in [6, 6.07) is 4.79. The smallest absolute Gasteiger partial charge is 0.335 e. The van der Waals surface area contributed by atoms with Crippen molar-refractivity contribution in [3.05, 3.63) is 51.8 Å². The third-order valence-electron chi connectivity index (χ3n) is 9.08. The van der Waals surface area contributed by atoms with Crippen LogP contribution in [0.2, 0.25) is 0 Å². The van der Waals surface area contributed by atoms with Crippen LogP contribution in [0.15, 0.2) is 18.2 Å². The Hall–Kier alpha value is -3.73. The highest BCUT2D eigenvalue weighted by atomic mass is 16.5. The average molecular weight is 580 g/mol. The number of fused-ring (bicyclic) bond motifs is 1. The Kier molecular flexibility index (Phi) is 8.68.